The largest absolute Gasteiger partial charge is 0.427 e. The van der Waals surface area contributed by atoms with E-state index in [9.17, 15) is 9.59 Å². The van der Waals surface area contributed by atoms with Crippen molar-refractivity contribution in [2.45, 2.75) is 6.92 Å². The minimum absolute atomic E-state index is 0.260. The summed E-state index contributed by atoms with van der Waals surface area (Å²) in [5, 5.41) is 3.39. The van der Waals surface area contributed by atoms with Crippen LogP contribution in [-0.4, -0.2) is 11.9 Å². The maximum absolute atomic E-state index is 12.1. The molecule has 0 fully saturated rings. The second kappa shape index (κ2) is 6.61. The maximum atomic E-state index is 12.1. The first-order chi connectivity index (χ1) is 9.95. The van der Waals surface area contributed by atoms with Crippen LogP contribution in [-0.2, 0) is 4.79 Å². The van der Waals surface area contributed by atoms with Gasteiger partial charge in [0, 0.05) is 23.7 Å². The molecule has 0 aliphatic carbocycles. The molecule has 0 unspecified atom stereocenters. The van der Waals surface area contributed by atoms with Crippen LogP contribution in [0.2, 0.25) is 10.0 Å². The molecule has 0 spiro atoms. The van der Waals surface area contributed by atoms with Crippen LogP contribution in [0.3, 0.4) is 0 Å². The molecular weight excluding hydrogens is 313 g/mol. The van der Waals surface area contributed by atoms with Crippen molar-refractivity contribution in [3.63, 3.8) is 0 Å². The number of rotatable bonds is 3. The van der Waals surface area contributed by atoms with E-state index in [1.54, 1.807) is 30.3 Å². The summed E-state index contributed by atoms with van der Waals surface area (Å²) in [4.78, 5) is 23.0. The molecule has 2 aromatic rings. The summed E-state index contributed by atoms with van der Waals surface area (Å²) in [6.45, 7) is 1.30. The number of nitrogens with one attached hydrogen (secondary N) is 1. The number of amides is 1. The highest BCUT2D eigenvalue weighted by Crippen LogP contribution is 2.23. The molecule has 0 saturated heterocycles. The molecule has 21 heavy (non-hydrogen) atoms. The Labute approximate surface area is 131 Å². The fraction of sp³-hybridized carbons (Fsp3) is 0.0667. The topological polar surface area (TPSA) is 55.4 Å². The minimum Gasteiger partial charge on any atom is -0.427 e. The molecule has 1 amide bonds. The molecule has 1 N–H and O–H groups in total. The smallest absolute Gasteiger partial charge is 0.308 e. The van der Waals surface area contributed by atoms with Crippen LogP contribution >= 0.6 is 23.2 Å². The normalized spacial score (nSPS) is 10.0. The zero-order chi connectivity index (χ0) is 15.4. The van der Waals surface area contributed by atoms with Crippen LogP contribution in [0.5, 0.6) is 5.75 Å². The average Bonchev–Trinajstić information content (AvgIpc) is 2.37. The first-order valence-corrected chi connectivity index (χ1v) is 6.76. The SMILES string of the molecule is CC(=O)Oc1cccc(NC(=O)c2ccc(Cl)cc2Cl)c1. The van der Waals surface area contributed by atoms with Gasteiger partial charge in [0.2, 0.25) is 0 Å². The van der Waals surface area contributed by atoms with E-state index < -0.39 is 5.97 Å². The van der Waals surface area contributed by atoms with Gasteiger partial charge in [-0.2, -0.15) is 0 Å². The van der Waals surface area contributed by atoms with Crippen molar-refractivity contribution in [3.8, 4) is 5.75 Å². The predicted molar refractivity (Wildman–Crippen MR) is 82.2 cm³/mol. The number of halogens is 2. The average molecular weight is 324 g/mol. The lowest BCUT2D eigenvalue weighted by atomic mass is 10.2. The molecule has 0 atom stereocenters. The van der Waals surface area contributed by atoms with Gasteiger partial charge in [0.05, 0.1) is 10.6 Å². The van der Waals surface area contributed by atoms with E-state index in [2.05, 4.69) is 5.32 Å². The number of carbonyl (C=O) groups excluding carboxylic acids is 2. The van der Waals surface area contributed by atoms with Gasteiger partial charge in [-0.15, -0.1) is 0 Å². The van der Waals surface area contributed by atoms with Crippen molar-refractivity contribution in [2.24, 2.45) is 0 Å². The Kier molecular flexibility index (Phi) is 4.83. The molecule has 6 heteroatoms. The Bertz CT molecular complexity index is 701. The second-order valence-corrected chi connectivity index (χ2v) is 5.04. The number of esters is 1. The highest BCUT2D eigenvalue weighted by atomic mass is 35.5. The van der Waals surface area contributed by atoms with Gasteiger partial charge < -0.3 is 10.1 Å². The molecule has 2 rings (SSSR count). The van der Waals surface area contributed by atoms with Crippen molar-refractivity contribution >= 4 is 40.8 Å². The number of carbonyl (C=O) groups is 2. The summed E-state index contributed by atoms with van der Waals surface area (Å²) in [6.07, 6.45) is 0. The summed E-state index contributed by atoms with van der Waals surface area (Å²) < 4.78 is 4.95. The highest BCUT2D eigenvalue weighted by molar-refractivity contribution is 6.37. The molecule has 0 aliphatic rings. The first-order valence-electron chi connectivity index (χ1n) is 6.00. The Morgan fingerprint density at radius 3 is 2.52 bits per heavy atom. The van der Waals surface area contributed by atoms with Crippen LogP contribution in [0.4, 0.5) is 5.69 Å². The van der Waals surface area contributed by atoms with Gasteiger partial charge in [0.1, 0.15) is 5.75 Å². The van der Waals surface area contributed by atoms with Gasteiger partial charge in [-0.05, 0) is 30.3 Å². The van der Waals surface area contributed by atoms with E-state index in [-0.39, 0.29) is 10.9 Å². The van der Waals surface area contributed by atoms with Crippen LogP contribution < -0.4 is 10.1 Å². The Balaban J connectivity index is 2.17. The van der Waals surface area contributed by atoms with Crippen LogP contribution in [0.1, 0.15) is 17.3 Å². The van der Waals surface area contributed by atoms with Gasteiger partial charge in [0.25, 0.3) is 5.91 Å². The molecule has 0 aromatic heterocycles. The lowest BCUT2D eigenvalue weighted by Gasteiger charge is -2.08. The number of ether oxygens (including phenoxy) is 1. The molecule has 2 aromatic carbocycles. The van der Waals surface area contributed by atoms with Gasteiger partial charge in [-0.1, -0.05) is 29.3 Å². The van der Waals surface area contributed by atoms with Crippen LogP contribution in [0.25, 0.3) is 0 Å². The van der Waals surface area contributed by atoms with Crippen molar-refractivity contribution < 1.29 is 14.3 Å². The maximum Gasteiger partial charge on any atom is 0.308 e. The minimum atomic E-state index is -0.431. The number of hydrogen-bond acceptors (Lipinski definition) is 3. The van der Waals surface area contributed by atoms with E-state index in [0.717, 1.165) is 0 Å². The summed E-state index contributed by atoms with van der Waals surface area (Å²) in [7, 11) is 0. The molecular formula is C15H11Cl2NO3. The molecule has 0 heterocycles. The Morgan fingerprint density at radius 2 is 1.86 bits per heavy atom. The van der Waals surface area contributed by atoms with Crippen molar-refractivity contribution in [3.05, 3.63) is 58.1 Å². The molecule has 0 aliphatic heterocycles. The van der Waals surface area contributed by atoms with Gasteiger partial charge in [-0.25, -0.2) is 0 Å². The standard InChI is InChI=1S/C15H11Cl2NO3/c1-9(19)21-12-4-2-3-11(8-12)18-15(20)13-6-5-10(16)7-14(13)17/h2-8H,1H3,(H,18,20). The third-order valence-corrected chi connectivity index (χ3v) is 3.08. The van der Waals surface area contributed by atoms with E-state index in [1.165, 1.54) is 19.1 Å². The van der Waals surface area contributed by atoms with E-state index in [1.807, 2.05) is 0 Å². The zero-order valence-corrected chi connectivity index (χ0v) is 12.5. The second-order valence-electron chi connectivity index (χ2n) is 4.20. The van der Waals surface area contributed by atoms with Gasteiger partial charge in [-0.3, -0.25) is 9.59 Å². The number of benzene rings is 2. The van der Waals surface area contributed by atoms with Gasteiger partial charge >= 0.3 is 5.97 Å². The van der Waals surface area contributed by atoms with E-state index in [0.29, 0.717) is 22.0 Å². The third kappa shape index (κ3) is 4.21. The Morgan fingerprint density at radius 1 is 1.10 bits per heavy atom. The summed E-state index contributed by atoms with van der Waals surface area (Å²) in [6, 6.07) is 11.1. The van der Waals surface area contributed by atoms with E-state index in [4.69, 9.17) is 27.9 Å². The monoisotopic (exact) mass is 323 g/mol. The fourth-order valence-corrected chi connectivity index (χ4v) is 2.17. The predicted octanol–water partition coefficient (Wildman–Crippen LogP) is 4.17. The van der Waals surface area contributed by atoms with Gasteiger partial charge in [0.15, 0.2) is 0 Å². The quantitative estimate of drug-likeness (QED) is 0.681. The molecule has 0 saturated carbocycles. The summed E-state index contributed by atoms with van der Waals surface area (Å²) in [5.41, 5.74) is 0.795. The molecule has 0 radical (unpaired) electrons. The molecule has 108 valence electrons. The van der Waals surface area contributed by atoms with Crippen molar-refractivity contribution in [2.75, 3.05) is 5.32 Å². The van der Waals surface area contributed by atoms with Crippen LogP contribution in [0.15, 0.2) is 42.5 Å². The Hall–Kier alpha value is -2.04. The zero-order valence-electron chi connectivity index (χ0n) is 11.0. The van der Waals surface area contributed by atoms with E-state index >= 15 is 0 Å². The summed E-state index contributed by atoms with van der Waals surface area (Å²) >= 11 is 11.8. The third-order valence-electron chi connectivity index (χ3n) is 2.53. The number of hydrogen-bond donors (Lipinski definition) is 1. The highest BCUT2D eigenvalue weighted by Gasteiger charge is 2.11. The van der Waals surface area contributed by atoms with Crippen LogP contribution in [0, 0.1) is 0 Å². The van der Waals surface area contributed by atoms with Crippen molar-refractivity contribution in [1.29, 1.82) is 0 Å². The summed E-state index contributed by atoms with van der Waals surface area (Å²) in [5.74, 6) is -0.460. The van der Waals surface area contributed by atoms with Crippen molar-refractivity contribution in [1.82, 2.24) is 0 Å². The first kappa shape index (κ1) is 15.4. The molecule has 4 nitrogen and oxygen atoms in total. The lowest BCUT2D eigenvalue weighted by Crippen LogP contribution is -2.12. The lowest BCUT2D eigenvalue weighted by molar-refractivity contribution is -0.131. The number of anilines is 1. The fourth-order valence-electron chi connectivity index (χ4n) is 1.68. The molecule has 0 bridgehead atoms.